The summed E-state index contributed by atoms with van der Waals surface area (Å²) in [7, 11) is 0. The second-order valence-electron chi connectivity index (χ2n) is 6.09. The Hall–Kier alpha value is -2.47. The summed E-state index contributed by atoms with van der Waals surface area (Å²) in [6.07, 6.45) is 0.0862. The molecule has 0 spiro atoms. The molecule has 0 aromatic heterocycles. The predicted octanol–water partition coefficient (Wildman–Crippen LogP) is 3.13. The van der Waals surface area contributed by atoms with Gasteiger partial charge in [-0.1, -0.05) is 30.3 Å². The highest BCUT2D eigenvalue weighted by molar-refractivity contribution is 7.99. The Morgan fingerprint density at radius 1 is 1.20 bits per heavy atom. The molecule has 2 aliphatic rings. The van der Waals surface area contributed by atoms with Crippen LogP contribution in [0.4, 0.5) is 5.69 Å². The fourth-order valence-electron chi connectivity index (χ4n) is 3.14. The van der Waals surface area contributed by atoms with Crippen LogP contribution in [0.25, 0.3) is 0 Å². The Morgan fingerprint density at radius 3 is 2.92 bits per heavy atom. The zero-order valence-electron chi connectivity index (χ0n) is 13.5. The smallest absolute Gasteiger partial charge is 0.266 e. The molecule has 0 aliphatic carbocycles. The minimum Gasteiger partial charge on any atom is -0.478 e. The molecule has 0 unspecified atom stereocenters. The van der Waals surface area contributed by atoms with E-state index in [4.69, 9.17) is 4.74 Å². The Kier molecular flexibility index (Phi) is 4.36. The van der Waals surface area contributed by atoms with Crippen LogP contribution >= 0.6 is 11.8 Å². The summed E-state index contributed by atoms with van der Waals surface area (Å²) in [5.41, 5.74) is 1.79. The summed E-state index contributed by atoms with van der Waals surface area (Å²) < 4.78 is 5.70. The van der Waals surface area contributed by atoms with Crippen molar-refractivity contribution in [2.75, 3.05) is 11.1 Å². The SMILES string of the molecule is O=C(C[C@H]1Oc2ccccc2NC1=O)N[C@@H]1CCSc2ccccc21. The second-order valence-corrected chi connectivity index (χ2v) is 7.23. The topological polar surface area (TPSA) is 67.4 Å². The van der Waals surface area contributed by atoms with E-state index in [0.29, 0.717) is 11.4 Å². The zero-order valence-corrected chi connectivity index (χ0v) is 14.3. The van der Waals surface area contributed by atoms with Gasteiger partial charge in [-0.15, -0.1) is 11.8 Å². The third-order valence-electron chi connectivity index (χ3n) is 4.37. The van der Waals surface area contributed by atoms with Crippen LogP contribution in [0.2, 0.25) is 0 Å². The highest BCUT2D eigenvalue weighted by atomic mass is 32.2. The second kappa shape index (κ2) is 6.80. The van der Waals surface area contributed by atoms with Crippen LogP contribution < -0.4 is 15.4 Å². The van der Waals surface area contributed by atoms with Crippen LogP contribution in [-0.2, 0) is 9.59 Å². The number of hydrogen-bond donors (Lipinski definition) is 2. The first-order valence-corrected chi connectivity index (χ1v) is 9.27. The van der Waals surface area contributed by atoms with Crippen LogP contribution in [-0.4, -0.2) is 23.7 Å². The van der Waals surface area contributed by atoms with Crippen LogP contribution in [0.1, 0.15) is 24.4 Å². The van der Waals surface area contributed by atoms with E-state index < -0.39 is 6.10 Å². The summed E-state index contributed by atoms with van der Waals surface area (Å²) in [6, 6.07) is 15.3. The van der Waals surface area contributed by atoms with Crippen molar-refractivity contribution in [2.24, 2.45) is 0 Å². The molecule has 2 N–H and O–H groups in total. The predicted molar refractivity (Wildman–Crippen MR) is 96.8 cm³/mol. The molecule has 2 heterocycles. The molecule has 0 bridgehead atoms. The number of carbonyl (C=O) groups excluding carboxylic acids is 2. The molecule has 0 saturated heterocycles. The van der Waals surface area contributed by atoms with E-state index in [1.165, 1.54) is 4.90 Å². The number of hydrogen-bond acceptors (Lipinski definition) is 4. The fraction of sp³-hybridized carbons (Fsp3) is 0.263. The monoisotopic (exact) mass is 354 g/mol. The van der Waals surface area contributed by atoms with E-state index in [-0.39, 0.29) is 24.3 Å². The van der Waals surface area contributed by atoms with Crippen LogP contribution in [0.15, 0.2) is 53.4 Å². The molecule has 0 radical (unpaired) electrons. The normalized spacial score (nSPS) is 21.4. The van der Waals surface area contributed by atoms with Crippen LogP contribution in [0.5, 0.6) is 5.75 Å². The van der Waals surface area contributed by atoms with E-state index in [1.807, 2.05) is 42.1 Å². The van der Waals surface area contributed by atoms with Crippen molar-refractivity contribution < 1.29 is 14.3 Å². The average molecular weight is 354 g/mol. The first-order valence-electron chi connectivity index (χ1n) is 8.28. The minimum atomic E-state index is -0.803. The molecular weight excluding hydrogens is 336 g/mol. The number of amides is 2. The maximum atomic E-state index is 12.5. The van der Waals surface area contributed by atoms with Crippen molar-refractivity contribution in [1.29, 1.82) is 0 Å². The number of thioether (sulfide) groups is 1. The highest BCUT2D eigenvalue weighted by Gasteiger charge is 2.31. The van der Waals surface area contributed by atoms with Gasteiger partial charge in [0.05, 0.1) is 18.2 Å². The van der Waals surface area contributed by atoms with Gasteiger partial charge < -0.3 is 15.4 Å². The van der Waals surface area contributed by atoms with Gasteiger partial charge in [-0.3, -0.25) is 9.59 Å². The average Bonchev–Trinajstić information content (AvgIpc) is 2.63. The van der Waals surface area contributed by atoms with Gasteiger partial charge in [-0.25, -0.2) is 0 Å². The molecule has 0 saturated carbocycles. The van der Waals surface area contributed by atoms with Crippen molar-refractivity contribution in [3.63, 3.8) is 0 Å². The molecule has 4 rings (SSSR count). The van der Waals surface area contributed by atoms with E-state index >= 15 is 0 Å². The maximum absolute atomic E-state index is 12.5. The number of nitrogens with one attached hydrogen (secondary N) is 2. The van der Waals surface area contributed by atoms with Gasteiger partial charge in [0.1, 0.15) is 5.75 Å². The molecule has 2 aromatic carbocycles. The third-order valence-corrected chi connectivity index (χ3v) is 5.49. The summed E-state index contributed by atoms with van der Waals surface area (Å²) in [6.45, 7) is 0. The lowest BCUT2D eigenvalue weighted by atomic mass is 10.0. The Labute approximate surface area is 150 Å². The molecule has 2 atom stereocenters. The van der Waals surface area contributed by atoms with Crippen LogP contribution in [0.3, 0.4) is 0 Å². The lowest BCUT2D eigenvalue weighted by Gasteiger charge is -2.28. The fourth-order valence-corrected chi connectivity index (χ4v) is 4.27. The van der Waals surface area contributed by atoms with E-state index in [1.54, 1.807) is 12.1 Å². The van der Waals surface area contributed by atoms with Gasteiger partial charge in [-0.05, 0) is 30.2 Å². The zero-order chi connectivity index (χ0) is 17.2. The first kappa shape index (κ1) is 16.0. The Morgan fingerprint density at radius 2 is 2.00 bits per heavy atom. The molecular formula is C19H18N2O3S. The Balaban J connectivity index is 1.43. The molecule has 2 amide bonds. The standard InChI is InChI=1S/C19H18N2O3S/c22-18(20-13-9-10-25-17-8-4-1-5-12(13)17)11-16-19(23)21-14-6-2-3-7-15(14)24-16/h1-8,13,16H,9-11H2,(H,20,22)(H,21,23)/t13-,16-/m1/s1. The lowest BCUT2D eigenvalue weighted by molar-refractivity contribution is -0.130. The molecule has 25 heavy (non-hydrogen) atoms. The van der Waals surface area contributed by atoms with Crippen molar-refractivity contribution in [3.8, 4) is 5.75 Å². The molecule has 2 aromatic rings. The van der Waals surface area contributed by atoms with E-state index in [9.17, 15) is 9.59 Å². The number of rotatable bonds is 3. The molecule has 5 nitrogen and oxygen atoms in total. The maximum Gasteiger partial charge on any atom is 0.266 e. The first-order chi connectivity index (χ1) is 12.2. The number of carbonyl (C=O) groups is 2. The van der Waals surface area contributed by atoms with Crippen molar-refractivity contribution >= 4 is 29.3 Å². The van der Waals surface area contributed by atoms with Crippen molar-refractivity contribution in [1.82, 2.24) is 5.32 Å². The quantitative estimate of drug-likeness (QED) is 0.889. The van der Waals surface area contributed by atoms with Gasteiger partial charge in [0.25, 0.3) is 5.91 Å². The summed E-state index contributed by atoms with van der Waals surface area (Å²) in [5.74, 6) is 1.11. The summed E-state index contributed by atoms with van der Waals surface area (Å²) in [4.78, 5) is 25.8. The van der Waals surface area contributed by atoms with Crippen molar-refractivity contribution in [3.05, 3.63) is 54.1 Å². The molecule has 6 heteroatoms. The number of ether oxygens (including phenoxy) is 1. The number of fused-ring (bicyclic) bond motifs is 2. The van der Waals surface area contributed by atoms with Gasteiger partial charge in [0, 0.05) is 10.6 Å². The van der Waals surface area contributed by atoms with Gasteiger partial charge >= 0.3 is 0 Å². The molecule has 2 aliphatic heterocycles. The van der Waals surface area contributed by atoms with E-state index in [0.717, 1.165) is 17.7 Å². The van der Waals surface area contributed by atoms with Gasteiger partial charge in [-0.2, -0.15) is 0 Å². The molecule has 128 valence electrons. The van der Waals surface area contributed by atoms with Gasteiger partial charge in [0.2, 0.25) is 5.91 Å². The summed E-state index contributed by atoms with van der Waals surface area (Å²) >= 11 is 1.81. The summed E-state index contributed by atoms with van der Waals surface area (Å²) in [5, 5.41) is 5.84. The lowest BCUT2D eigenvalue weighted by Crippen LogP contribution is -2.42. The number of anilines is 1. The molecule has 0 fully saturated rings. The third kappa shape index (κ3) is 3.35. The largest absolute Gasteiger partial charge is 0.478 e. The van der Waals surface area contributed by atoms with Crippen molar-refractivity contribution in [2.45, 2.75) is 29.9 Å². The van der Waals surface area contributed by atoms with Crippen LogP contribution in [0, 0.1) is 0 Å². The van der Waals surface area contributed by atoms with E-state index in [2.05, 4.69) is 16.7 Å². The Bertz CT molecular complexity index is 824. The number of para-hydroxylation sites is 2. The highest BCUT2D eigenvalue weighted by Crippen LogP contribution is 2.36. The van der Waals surface area contributed by atoms with Gasteiger partial charge in [0.15, 0.2) is 6.10 Å². The number of benzene rings is 2. The minimum absolute atomic E-state index is 0.00593.